The molecule has 0 bridgehead atoms. The van der Waals surface area contributed by atoms with Crippen LogP contribution in [0.5, 0.6) is 23.0 Å². The number of benzene rings is 2. The predicted molar refractivity (Wildman–Crippen MR) is 96.1 cm³/mol. The standard InChI is InChI=1S/C20H16N2O4/c23-20(17-5-2-6-18-19(17)25-12-11-24-18)22-14-3-1-4-16(13-14)26-15-7-9-21-10-8-15/h1-10,13H,11-12H2,(H,22,23). The van der Waals surface area contributed by atoms with Crippen LogP contribution < -0.4 is 19.5 Å². The van der Waals surface area contributed by atoms with Gasteiger partial charge in [0.2, 0.25) is 0 Å². The summed E-state index contributed by atoms with van der Waals surface area (Å²) in [6.45, 7) is 0.902. The van der Waals surface area contributed by atoms with E-state index in [0.717, 1.165) is 0 Å². The van der Waals surface area contributed by atoms with E-state index in [2.05, 4.69) is 10.3 Å². The van der Waals surface area contributed by atoms with Crippen molar-refractivity contribution in [2.75, 3.05) is 18.5 Å². The summed E-state index contributed by atoms with van der Waals surface area (Å²) in [5.41, 5.74) is 1.05. The zero-order chi connectivity index (χ0) is 17.8. The van der Waals surface area contributed by atoms with Crippen molar-refractivity contribution in [2.24, 2.45) is 0 Å². The average molecular weight is 348 g/mol. The fourth-order valence-corrected chi connectivity index (χ4v) is 2.63. The van der Waals surface area contributed by atoms with Crippen molar-refractivity contribution in [1.29, 1.82) is 0 Å². The van der Waals surface area contributed by atoms with Crippen molar-refractivity contribution in [3.63, 3.8) is 0 Å². The van der Waals surface area contributed by atoms with Crippen LogP contribution in [0.2, 0.25) is 0 Å². The first-order valence-electron chi connectivity index (χ1n) is 8.17. The van der Waals surface area contributed by atoms with Crippen LogP contribution in [0.4, 0.5) is 5.69 Å². The number of nitrogens with zero attached hydrogens (tertiary/aromatic N) is 1. The van der Waals surface area contributed by atoms with Gasteiger partial charge in [0.15, 0.2) is 11.5 Å². The fraction of sp³-hybridized carbons (Fsp3) is 0.100. The molecule has 0 radical (unpaired) electrons. The molecule has 1 N–H and O–H groups in total. The van der Waals surface area contributed by atoms with Gasteiger partial charge in [-0.15, -0.1) is 0 Å². The number of hydrogen-bond acceptors (Lipinski definition) is 5. The van der Waals surface area contributed by atoms with Gasteiger partial charge in [-0.1, -0.05) is 12.1 Å². The van der Waals surface area contributed by atoms with Crippen LogP contribution in [0.15, 0.2) is 67.0 Å². The highest BCUT2D eigenvalue weighted by Crippen LogP contribution is 2.34. The summed E-state index contributed by atoms with van der Waals surface area (Å²) < 4.78 is 16.9. The third-order valence-corrected chi connectivity index (χ3v) is 3.79. The van der Waals surface area contributed by atoms with Gasteiger partial charge in [0.05, 0.1) is 5.56 Å². The van der Waals surface area contributed by atoms with Crippen molar-refractivity contribution in [3.05, 3.63) is 72.6 Å². The Balaban J connectivity index is 1.53. The van der Waals surface area contributed by atoms with Gasteiger partial charge in [-0.2, -0.15) is 0 Å². The van der Waals surface area contributed by atoms with E-state index in [1.807, 2.05) is 12.1 Å². The van der Waals surface area contributed by atoms with Crippen LogP contribution in [0.1, 0.15) is 10.4 Å². The Bertz CT molecular complexity index is 928. The van der Waals surface area contributed by atoms with Gasteiger partial charge in [-0.3, -0.25) is 9.78 Å². The molecule has 1 aliphatic heterocycles. The monoisotopic (exact) mass is 348 g/mol. The summed E-state index contributed by atoms with van der Waals surface area (Å²) in [7, 11) is 0. The largest absolute Gasteiger partial charge is 0.486 e. The highest BCUT2D eigenvalue weighted by molar-refractivity contribution is 6.06. The number of para-hydroxylation sites is 1. The molecule has 0 spiro atoms. The molecule has 0 unspecified atom stereocenters. The van der Waals surface area contributed by atoms with E-state index in [0.29, 0.717) is 47.5 Å². The first-order chi connectivity index (χ1) is 12.8. The number of amides is 1. The molecule has 6 heteroatoms. The molecule has 0 saturated heterocycles. The minimum Gasteiger partial charge on any atom is -0.486 e. The van der Waals surface area contributed by atoms with Crippen molar-refractivity contribution in [1.82, 2.24) is 4.98 Å². The first kappa shape index (κ1) is 16.0. The van der Waals surface area contributed by atoms with Crippen molar-refractivity contribution in [3.8, 4) is 23.0 Å². The Hall–Kier alpha value is -3.54. The molecule has 0 atom stereocenters. The third kappa shape index (κ3) is 3.44. The minimum absolute atomic E-state index is 0.270. The molecule has 3 aromatic rings. The summed E-state index contributed by atoms with van der Waals surface area (Å²) in [6.07, 6.45) is 3.31. The smallest absolute Gasteiger partial charge is 0.259 e. The van der Waals surface area contributed by atoms with Crippen LogP contribution in [-0.2, 0) is 0 Å². The maximum atomic E-state index is 12.7. The number of anilines is 1. The van der Waals surface area contributed by atoms with Gasteiger partial charge in [0.25, 0.3) is 5.91 Å². The molecule has 2 heterocycles. The van der Waals surface area contributed by atoms with Crippen molar-refractivity contribution >= 4 is 11.6 Å². The summed E-state index contributed by atoms with van der Waals surface area (Å²) in [6, 6.07) is 16.0. The van der Waals surface area contributed by atoms with Crippen LogP contribution in [0, 0.1) is 0 Å². The van der Waals surface area contributed by atoms with E-state index in [1.165, 1.54) is 0 Å². The Morgan fingerprint density at radius 2 is 1.77 bits per heavy atom. The van der Waals surface area contributed by atoms with Gasteiger partial charge in [-0.05, 0) is 36.4 Å². The minimum atomic E-state index is -0.270. The molecule has 4 rings (SSSR count). The molecule has 0 aliphatic carbocycles. The maximum absolute atomic E-state index is 12.7. The van der Waals surface area contributed by atoms with Gasteiger partial charge in [-0.25, -0.2) is 0 Å². The molecule has 1 aromatic heterocycles. The van der Waals surface area contributed by atoms with Gasteiger partial charge >= 0.3 is 0 Å². The second kappa shape index (κ2) is 7.14. The maximum Gasteiger partial charge on any atom is 0.259 e. The molecule has 1 aliphatic rings. The Labute approximate surface area is 150 Å². The molecule has 0 fully saturated rings. The van der Waals surface area contributed by atoms with Crippen molar-refractivity contribution in [2.45, 2.75) is 0 Å². The number of aromatic nitrogens is 1. The number of pyridine rings is 1. The lowest BCUT2D eigenvalue weighted by Crippen LogP contribution is -2.20. The summed E-state index contributed by atoms with van der Waals surface area (Å²) in [5, 5.41) is 2.87. The Morgan fingerprint density at radius 1 is 0.962 bits per heavy atom. The number of carbonyl (C=O) groups excluding carboxylic acids is 1. The fourth-order valence-electron chi connectivity index (χ4n) is 2.63. The Morgan fingerprint density at radius 3 is 2.65 bits per heavy atom. The van der Waals surface area contributed by atoms with E-state index in [1.54, 1.807) is 54.9 Å². The zero-order valence-corrected chi connectivity index (χ0v) is 13.8. The number of carbonyl (C=O) groups is 1. The topological polar surface area (TPSA) is 69.7 Å². The highest BCUT2D eigenvalue weighted by atomic mass is 16.6. The van der Waals surface area contributed by atoms with E-state index in [9.17, 15) is 4.79 Å². The van der Waals surface area contributed by atoms with Gasteiger partial charge < -0.3 is 19.5 Å². The molecular weight excluding hydrogens is 332 g/mol. The number of nitrogens with one attached hydrogen (secondary N) is 1. The SMILES string of the molecule is O=C(Nc1cccc(Oc2ccncc2)c1)c1cccc2c1OCCO2. The quantitative estimate of drug-likeness (QED) is 0.774. The number of hydrogen-bond donors (Lipinski definition) is 1. The molecule has 130 valence electrons. The molecule has 6 nitrogen and oxygen atoms in total. The van der Waals surface area contributed by atoms with Crippen LogP contribution in [-0.4, -0.2) is 24.1 Å². The van der Waals surface area contributed by atoms with E-state index < -0.39 is 0 Å². The third-order valence-electron chi connectivity index (χ3n) is 3.79. The summed E-state index contributed by atoms with van der Waals surface area (Å²) >= 11 is 0. The molecule has 0 saturated carbocycles. The molecule has 2 aromatic carbocycles. The lowest BCUT2D eigenvalue weighted by atomic mass is 10.1. The van der Waals surface area contributed by atoms with Crippen LogP contribution in [0.25, 0.3) is 0 Å². The van der Waals surface area contributed by atoms with Crippen LogP contribution in [0.3, 0.4) is 0 Å². The normalized spacial score (nSPS) is 12.3. The number of rotatable bonds is 4. The summed E-state index contributed by atoms with van der Waals surface area (Å²) in [5.74, 6) is 2.07. The lowest BCUT2D eigenvalue weighted by molar-refractivity contribution is 0.101. The predicted octanol–water partition coefficient (Wildman–Crippen LogP) is 3.90. The number of fused-ring (bicyclic) bond motifs is 1. The van der Waals surface area contributed by atoms with E-state index >= 15 is 0 Å². The van der Waals surface area contributed by atoms with Gasteiger partial charge in [0.1, 0.15) is 24.7 Å². The highest BCUT2D eigenvalue weighted by Gasteiger charge is 2.20. The second-order valence-electron chi connectivity index (χ2n) is 5.60. The lowest BCUT2D eigenvalue weighted by Gasteiger charge is -2.20. The van der Waals surface area contributed by atoms with Crippen molar-refractivity contribution < 1.29 is 19.0 Å². The number of ether oxygens (including phenoxy) is 3. The van der Waals surface area contributed by atoms with Gasteiger partial charge in [0, 0.05) is 24.1 Å². The molecule has 26 heavy (non-hydrogen) atoms. The van der Waals surface area contributed by atoms with E-state index in [4.69, 9.17) is 14.2 Å². The first-order valence-corrected chi connectivity index (χ1v) is 8.17. The molecular formula is C20H16N2O4. The second-order valence-corrected chi connectivity index (χ2v) is 5.60. The van der Waals surface area contributed by atoms with Crippen LogP contribution >= 0.6 is 0 Å². The van der Waals surface area contributed by atoms with E-state index in [-0.39, 0.29) is 5.91 Å². The summed E-state index contributed by atoms with van der Waals surface area (Å²) in [4.78, 5) is 16.6. The Kier molecular flexibility index (Phi) is 4.38. The molecule has 1 amide bonds. The average Bonchev–Trinajstić information content (AvgIpc) is 2.68. The zero-order valence-electron chi connectivity index (χ0n) is 13.8.